The molecule has 1 aromatic carbocycles. The highest BCUT2D eigenvalue weighted by atomic mass is 19.1. The van der Waals surface area contributed by atoms with Crippen LogP contribution >= 0.6 is 0 Å². The number of hydrogen-bond acceptors (Lipinski definition) is 3. The summed E-state index contributed by atoms with van der Waals surface area (Å²) in [7, 11) is 0. The van der Waals surface area contributed by atoms with E-state index in [1.807, 2.05) is 0 Å². The first kappa shape index (κ1) is 13.1. The average Bonchev–Trinajstić information content (AvgIpc) is 2.93. The van der Waals surface area contributed by atoms with Gasteiger partial charge in [0, 0.05) is 12.5 Å². The minimum absolute atomic E-state index is 0.119. The molecule has 20 heavy (non-hydrogen) atoms. The van der Waals surface area contributed by atoms with E-state index in [4.69, 9.17) is 5.11 Å². The number of carboxylic acid groups (broad SMARTS) is 1. The molecule has 3 atom stereocenters. The van der Waals surface area contributed by atoms with Crippen molar-refractivity contribution in [3.8, 4) is 0 Å². The third kappa shape index (κ3) is 1.87. The monoisotopic (exact) mass is 279 g/mol. The fraction of sp³-hybridized carbons (Fsp3) is 0.429. The number of carbonyl (C=O) groups is 2. The number of nitrogens with one attached hydrogen (secondary N) is 1. The lowest BCUT2D eigenvalue weighted by molar-refractivity contribution is -0.145. The predicted molar refractivity (Wildman–Crippen MR) is 66.6 cm³/mol. The van der Waals surface area contributed by atoms with Gasteiger partial charge in [0.05, 0.1) is 6.10 Å². The Labute approximate surface area is 114 Å². The molecule has 0 aromatic heterocycles. The summed E-state index contributed by atoms with van der Waals surface area (Å²) in [6, 6.07) is 2.87. The Bertz CT molecular complexity index is 601. The van der Waals surface area contributed by atoms with Gasteiger partial charge in [-0.1, -0.05) is 6.07 Å². The molecule has 1 aliphatic heterocycles. The van der Waals surface area contributed by atoms with Gasteiger partial charge in [-0.15, -0.1) is 0 Å². The normalized spacial score (nSPS) is 28.3. The lowest BCUT2D eigenvalue weighted by atomic mass is 9.86. The molecule has 2 aliphatic rings. The number of carboxylic acids is 1. The van der Waals surface area contributed by atoms with Crippen molar-refractivity contribution < 1.29 is 24.2 Å². The van der Waals surface area contributed by atoms with E-state index < -0.39 is 35.6 Å². The minimum atomic E-state index is -1.26. The first-order chi connectivity index (χ1) is 9.49. The van der Waals surface area contributed by atoms with Crippen LogP contribution in [0.2, 0.25) is 0 Å². The van der Waals surface area contributed by atoms with Crippen LogP contribution in [0.25, 0.3) is 0 Å². The number of amides is 1. The van der Waals surface area contributed by atoms with Crippen molar-refractivity contribution in [1.29, 1.82) is 0 Å². The van der Waals surface area contributed by atoms with E-state index in [0.717, 1.165) is 5.56 Å². The fourth-order valence-corrected chi connectivity index (χ4v) is 3.11. The molecule has 0 saturated carbocycles. The van der Waals surface area contributed by atoms with Gasteiger partial charge in [-0.25, -0.2) is 4.39 Å². The third-order valence-electron chi connectivity index (χ3n) is 4.15. The maximum absolute atomic E-state index is 14.2. The lowest BCUT2D eigenvalue weighted by Gasteiger charge is -2.16. The van der Waals surface area contributed by atoms with Gasteiger partial charge in [0.25, 0.3) is 0 Å². The van der Waals surface area contributed by atoms with E-state index in [1.54, 1.807) is 6.07 Å². The molecule has 106 valence electrons. The van der Waals surface area contributed by atoms with Crippen molar-refractivity contribution in [3.05, 3.63) is 34.6 Å². The number of halogens is 1. The third-order valence-corrected chi connectivity index (χ3v) is 4.15. The summed E-state index contributed by atoms with van der Waals surface area (Å²) in [6.45, 7) is 0.119. The molecule has 3 N–H and O–H groups in total. The molecule has 0 bridgehead atoms. The van der Waals surface area contributed by atoms with Crippen LogP contribution in [0, 0.1) is 11.7 Å². The van der Waals surface area contributed by atoms with Gasteiger partial charge in [0.1, 0.15) is 11.7 Å². The minimum Gasteiger partial charge on any atom is -0.481 e. The van der Waals surface area contributed by atoms with Crippen LogP contribution in [-0.2, 0) is 16.0 Å². The van der Waals surface area contributed by atoms with Crippen molar-refractivity contribution in [2.24, 2.45) is 5.92 Å². The molecule has 5 nitrogen and oxygen atoms in total. The number of aliphatic hydroxyl groups is 1. The van der Waals surface area contributed by atoms with Crippen molar-refractivity contribution in [3.63, 3.8) is 0 Å². The van der Waals surface area contributed by atoms with Crippen LogP contribution in [0.5, 0.6) is 0 Å². The second-order valence-corrected chi connectivity index (χ2v) is 5.29. The van der Waals surface area contributed by atoms with Crippen LogP contribution in [0.4, 0.5) is 4.39 Å². The molecule has 1 aliphatic carbocycles. The Morgan fingerprint density at radius 2 is 2.10 bits per heavy atom. The number of rotatable bonds is 2. The summed E-state index contributed by atoms with van der Waals surface area (Å²) in [6.07, 6.45) is 0.519. The number of aliphatic hydroxyl groups excluding tert-OH is 1. The largest absolute Gasteiger partial charge is 0.481 e. The molecular weight excluding hydrogens is 265 g/mol. The molecule has 1 fully saturated rings. The Hall–Kier alpha value is -1.95. The molecule has 3 rings (SSSR count). The van der Waals surface area contributed by atoms with Gasteiger partial charge >= 0.3 is 5.97 Å². The maximum atomic E-state index is 14.2. The quantitative estimate of drug-likeness (QED) is 0.696. The number of aliphatic carboxylic acids is 1. The molecular formula is C14H14FNO4. The number of carbonyl (C=O) groups excluding carboxylic acids is 1. The Morgan fingerprint density at radius 1 is 1.35 bits per heavy atom. The van der Waals surface area contributed by atoms with Crippen LogP contribution < -0.4 is 5.32 Å². The SMILES string of the molecule is O=C(O)[C@@H]1C(=O)NC[C@H]1c1cc2c(cc1F)C(O)CC2. The Balaban J connectivity index is 2.03. The van der Waals surface area contributed by atoms with Crippen molar-refractivity contribution in [1.82, 2.24) is 5.32 Å². The van der Waals surface area contributed by atoms with Crippen LogP contribution in [0.15, 0.2) is 12.1 Å². The van der Waals surface area contributed by atoms with Crippen molar-refractivity contribution in [2.45, 2.75) is 24.9 Å². The summed E-state index contributed by atoms with van der Waals surface area (Å²) in [5.41, 5.74) is 1.64. The second kappa shape index (κ2) is 4.56. The number of aryl methyl sites for hydroxylation is 1. The molecule has 1 amide bonds. The van der Waals surface area contributed by atoms with Gasteiger partial charge < -0.3 is 15.5 Å². The summed E-state index contributed by atoms with van der Waals surface area (Å²) in [5, 5.41) is 21.3. The maximum Gasteiger partial charge on any atom is 0.316 e. The smallest absolute Gasteiger partial charge is 0.316 e. The Morgan fingerprint density at radius 3 is 2.80 bits per heavy atom. The zero-order chi connectivity index (χ0) is 14.4. The average molecular weight is 279 g/mol. The molecule has 6 heteroatoms. The van der Waals surface area contributed by atoms with E-state index in [1.165, 1.54) is 6.07 Å². The summed E-state index contributed by atoms with van der Waals surface area (Å²) in [5.74, 6) is -4.35. The van der Waals surface area contributed by atoms with Gasteiger partial charge in [-0.2, -0.15) is 0 Å². The molecule has 1 unspecified atom stereocenters. The first-order valence-electron chi connectivity index (χ1n) is 6.50. The van der Waals surface area contributed by atoms with Crippen molar-refractivity contribution >= 4 is 11.9 Å². The van der Waals surface area contributed by atoms with E-state index >= 15 is 0 Å². The number of benzene rings is 1. The summed E-state index contributed by atoms with van der Waals surface area (Å²) in [4.78, 5) is 22.7. The van der Waals surface area contributed by atoms with E-state index in [2.05, 4.69) is 5.32 Å². The summed E-state index contributed by atoms with van der Waals surface area (Å²) >= 11 is 0. The highest BCUT2D eigenvalue weighted by Gasteiger charge is 2.42. The van der Waals surface area contributed by atoms with E-state index in [0.29, 0.717) is 18.4 Å². The highest BCUT2D eigenvalue weighted by Crippen LogP contribution is 2.37. The molecule has 0 radical (unpaired) electrons. The highest BCUT2D eigenvalue weighted by molar-refractivity contribution is 5.99. The van der Waals surface area contributed by atoms with Crippen molar-refractivity contribution in [2.75, 3.05) is 6.54 Å². The molecule has 1 saturated heterocycles. The van der Waals surface area contributed by atoms with Gasteiger partial charge in [-0.3, -0.25) is 9.59 Å². The van der Waals surface area contributed by atoms with E-state index in [-0.39, 0.29) is 12.1 Å². The standard InChI is InChI=1S/C14H14FNO4/c15-10-4-7-6(1-2-11(7)17)3-8(10)9-5-16-13(18)12(9)14(19)20/h3-4,9,11-12,17H,1-2,5H2,(H,16,18)(H,19,20)/t9-,11?,12-/m0/s1. The molecule has 1 aromatic rings. The zero-order valence-electron chi connectivity index (χ0n) is 10.6. The van der Waals surface area contributed by atoms with E-state index in [9.17, 15) is 19.1 Å². The molecule has 1 heterocycles. The van der Waals surface area contributed by atoms with Gasteiger partial charge in [0.15, 0.2) is 0 Å². The predicted octanol–water partition coefficient (Wildman–Crippen LogP) is 0.719. The van der Waals surface area contributed by atoms with Crippen LogP contribution in [-0.4, -0.2) is 28.6 Å². The van der Waals surface area contributed by atoms with Crippen LogP contribution in [0.1, 0.15) is 35.1 Å². The van der Waals surface area contributed by atoms with Crippen LogP contribution in [0.3, 0.4) is 0 Å². The number of hydrogen-bond donors (Lipinski definition) is 3. The second-order valence-electron chi connectivity index (χ2n) is 5.29. The topological polar surface area (TPSA) is 86.6 Å². The number of fused-ring (bicyclic) bond motifs is 1. The zero-order valence-corrected chi connectivity index (χ0v) is 10.6. The fourth-order valence-electron chi connectivity index (χ4n) is 3.11. The van der Waals surface area contributed by atoms with Gasteiger partial charge in [0.2, 0.25) is 5.91 Å². The summed E-state index contributed by atoms with van der Waals surface area (Å²) < 4.78 is 14.2. The first-order valence-corrected chi connectivity index (χ1v) is 6.50. The van der Waals surface area contributed by atoms with Gasteiger partial charge in [-0.05, 0) is 35.6 Å². The Kier molecular flexibility index (Phi) is 2.97. The molecule has 0 spiro atoms. The lowest BCUT2D eigenvalue weighted by Crippen LogP contribution is -2.27.